The number of nitrogens with zero attached hydrogens (tertiary/aromatic N) is 2. The van der Waals surface area contributed by atoms with Crippen molar-refractivity contribution in [1.29, 1.82) is 0 Å². The van der Waals surface area contributed by atoms with E-state index in [4.69, 9.17) is 14.5 Å². The number of para-hydroxylation sites is 4. The first-order chi connectivity index (χ1) is 13.1. The molecule has 1 aromatic heterocycles. The van der Waals surface area contributed by atoms with Crippen molar-refractivity contribution in [2.45, 2.75) is 23.9 Å². The number of carbonyl (C=O) groups is 1. The lowest BCUT2D eigenvalue weighted by Gasteiger charge is -2.15. The third kappa shape index (κ3) is 4.43. The van der Waals surface area contributed by atoms with Crippen LogP contribution in [0.4, 0.5) is 5.69 Å². The summed E-state index contributed by atoms with van der Waals surface area (Å²) in [7, 11) is 3.26. The van der Waals surface area contributed by atoms with E-state index in [0.717, 1.165) is 16.2 Å². The number of rotatable bonds is 8. The molecule has 0 aliphatic heterocycles. The van der Waals surface area contributed by atoms with Gasteiger partial charge < -0.3 is 19.4 Å². The number of nitrogens with one attached hydrogen (secondary N) is 1. The number of benzene rings is 2. The normalized spacial score (nSPS) is 12.1. The van der Waals surface area contributed by atoms with Gasteiger partial charge in [-0.05, 0) is 31.2 Å². The van der Waals surface area contributed by atoms with Crippen molar-refractivity contribution in [3.63, 3.8) is 0 Å². The molecule has 3 rings (SSSR count). The number of hydrogen-bond acceptors (Lipinski definition) is 5. The molecule has 0 aliphatic carbocycles. The Morgan fingerprint density at radius 1 is 1.19 bits per heavy atom. The largest absolute Gasteiger partial charge is 0.495 e. The van der Waals surface area contributed by atoms with Crippen molar-refractivity contribution >= 4 is 34.4 Å². The van der Waals surface area contributed by atoms with Crippen molar-refractivity contribution in [2.75, 3.05) is 26.1 Å². The summed E-state index contributed by atoms with van der Waals surface area (Å²) in [6, 6.07) is 15.3. The number of methoxy groups -OCH3 is 2. The van der Waals surface area contributed by atoms with Gasteiger partial charge in [0.25, 0.3) is 0 Å². The third-order valence-electron chi connectivity index (χ3n) is 4.15. The van der Waals surface area contributed by atoms with Gasteiger partial charge in [0.1, 0.15) is 5.75 Å². The molecule has 0 bridgehead atoms. The van der Waals surface area contributed by atoms with Crippen molar-refractivity contribution < 1.29 is 14.3 Å². The highest BCUT2D eigenvalue weighted by Gasteiger charge is 2.20. The number of thioether (sulfide) groups is 1. The van der Waals surface area contributed by atoms with E-state index in [9.17, 15) is 4.79 Å². The standard InChI is InChI=1S/C20H23N3O3S/c1-14(19(24)21-16-9-5-7-11-18(16)26-3)27-20-22-15-8-4-6-10-17(15)23(20)12-13-25-2/h4-11,14H,12-13H2,1-3H3,(H,21,24). The van der Waals surface area contributed by atoms with Gasteiger partial charge in [-0.3, -0.25) is 4.79 Å². The Morgan fingerprint density at radius 2 is 1.93 bits per heavy atom. The van der Waals surface area contributed by atoms with Gasteiger partial charge in [0.05, 0.1) is 35.7 Å². The third-order valence-corrected chi connectivity index (χ3v) is 5.24. The first-order valence-electron chi connectivity index (χ1n) is 8.68. The number of ether oxygens (including phenoxy) is 2. The van der Waals surface area contributed by atoms with E-state index in [1.807, 2.05) is 55.5 Å². The van der Waals surface area contributed by atoms with Crippen molar-refractivity contribution in [1.82, 2.24) is 9.55 Å². The Kier molecular flexibility index (Phi) is 6.36. The molecule has 27 heavy (non-hydrogen) atoms. The fraction of sp³-hybridized carbons (Fsp3) is 0.300. The molecule has 142 valence electrons. The van der Waals surface area contributed by atoms with Crippen molar-refractivity contribution in [2.24, 2.45) is 0 Å². The Bertz CT molecular complexity index is 926. The van der Waals surface area contributed by atoms with Gasteiger partial charge in [-0.25, -0.2) is 4.98 Å². The second-order valence-electron chi connectivity index (χ2n) is 5.98. The highest BCUT2D eigenvalue weighted by molar-refractivity contribution is 8.00. The van der Waals surface area contributed by atoms with E-state index in [0.29, 0.717) is 24.6 Å². The molecule has 7 heteroatoms. The van der Waals surface area contributed by atoms with Crippen molar-refractivity contribution in [3.05, 3.63) is 48.5 Å². The van der Waals surface area contributed by atoms with Crippen LogP contribution in [-0.4, -0.2) is 41.5 Å². The number of imidazole rings is 1. The SMILES string of the molecule is COCCn1c(SC(C)C(=O)Nc2ccccc2OC)nc2ccccc21. The summed E-state index contributed by atoms with van der Waals surface area (Å²) in [5.74, 6) is 0.533. The predicted molar refractivity (Wildman–Crippen MR) is 109 cm³/mol. The van der Waals surface area contributed by atoms with Crippen molar-refractivity contribution in [3.8, 4) is 5.75 Å². The summed E-state index contributed by atoms with van der Waals surface area (Å²) in [5, 5.41) is 3.41. The lowest BCUT2D eigenvalue weighted by atomic mass is 10.3. The average Bonchev–Trinajstić information content (AvgIpc) is 3.03. The zero-order chi connectivity index (χ0) is 19.2. The van der Waals surface area contributed by atoms with Crippen LogP contribution in [-0.2, 0) is 16.1 Å². The van der Waals surface area contributed by atoms with Crippen LogP contribution in [0, 0.1) is 0 Å². The number of aromatic nitrogens is 2. The minimum Gasteiger partial charge on any atom is -0.495 e. The van der Waals surface area contributed by atoms with Gasteiger partial charge in [0, 0.05) is 13.7 Å². The first kappa shape index (κ1) is 19.3. The van der Waals surface area contributed by atoms with Crippen LogP contribution in [0.5, 0.6) is 5.75 Å². The molecule has 1 unspecified atom stereocenters. The van der Waals surface area contributed by atoms with Crippen LogP contribution in [0.3, 0.4) is 0 Å². The minimum atomic E-state index is -0.326. The van der Waals surface area contributed by atoms with Crippen LogP contribution in [0.2, 0.25) is 0 Å². The Labute approximate surface area is 162 Å². The molecule has 1 atom stereocenters. The second-order valence-corrected chi connectivity index (χ2v) is 7.29. The molecule has 0 saturated carbocycles. The van der Waals surface area contributed by atoms with E-state index in [-0.39, 0.29) is 11.2 Å². The van der Waals surface area contributed by atoms with E-state index < -0.39 is 0 Å². The maximum atomic E-state index is 12.7. The Balaban J connectivity index is 1.78. The van der Waals surface area contributed by atoms with Gasteiger partial charge >= 0.3 is 0 Å². The summed E-state index contributed by atoms with van der Waals surface area (Å²) in [6.07, 6.45) is 0. The predicted octanol–water partition coefficient (Wildman–Crippen LogP) is 3.81. The lowest BCUT2D eigenvalue weighted by molar-refractivity contribution is -0.115. The second kappa shape index (κ2) is 8.92. The summed E-state index contributed by atoms with van der Waals surface area (Å²) in [6.45, 7) is 3.13. The topological polar surface area (TPSA) is 65.4 Å². The molecular weight excluding hydrogens is 362 g/mol. The molecule has 0 aliphatic rings. The number of anilines is 1. The minimum absolute atomic E-state index is 0.102. The fourth-order valence-corrected chi connectivity index (χ4v) is 3.69. The molecule has 1 N–H and O–H groups in total. The molecule has 2 aromatic carbocycles. The van der Waals surface area contributed by atoms with Crippen LogP contribution < -0.4 is 10.1 Å². The Hall–Kier alpha value is -2.51. The molecule has 0 radical (unpaired) electrons. The van der Waals surface area contributed by atoms with Crippen LogP contribution >= 0.6 is 11.8 Å². The quantitative estimate of drug-likeness (QED) is 0.597. The number of hydrogen-bond donors (Lipinski definition) is 1. The zero-order valence-corrected chi connectivity index (χ0v) is 16.5. The molecule has 0 fully saturated rings. The molecule has 1 amide bonds. The van der Waals surface area contributed by atoms with Crippen LogP contribution in [0.25, 0.3) is 11.0 Å². The first-order valence-corrected chi connectivity index (χ1v) is 9.56. The summed E-state index contributed by atoms with van der Waals surface area (Å²) in [5.41, 5.74) is 2.60. The van der Waals surface area contributed by atoms with Crippen LogP contribution in [0.15, 0.2) is 53.7 Å². The van der Waals surface area contributed by atoms with E-state index in [2.05, 4.69) is 9.88 Å². The molecule has 6 nitrogen and oxygen atoms in total. The lowest BCUT2D eigenvalue weighted by Crippen LogP contribution is -2.23. The highest BCUT2D eigenvalue weighted by atomic mass is 32.2. The van der Waals surface area contributed by atoms with Gasteiger partial charge in [-0.2, -0.15) is 0 Å². The van der Waals surface area contributed by atoms with E-state index in [1.54, 1.807) is 14.2 Å². The molecule has 0 spiro atoms. The summed E-state index contributed by atoms with van der Waals surface area (Å²) in [4.78, 5) is 17.4. The monoisotopic (exact) mass is 385 g/mol. The Morgan fingerprint density at radius 3 is 2.70 bits per heavy atom. The molecule has 0 saturated heterocycles. The number of amides is 1. The smallest absolute Gasteiger partial charge is 0.237 e. The highest BCUT2D eigenvalue weighted by Crippen LogP contribution is 2.29. The maximum Gasteiger partial charge on any atom is 0.237 e. The van der Waals surface area contributed by atoms with Gasteiger partial charge in [-0.1, -0.05) is 36.0 Å². The fourth-order valence-electron chi connectivity index (χ4n) is 2.74. The number of carbonyl (C=O) groups excluding carboxylic acids is 1. The van der Waals surface area contributed by atoms with Crippen LogP contribution in [0.1, 0.15) is 6.92 Å². The zero-order valence-electron chi connectivity index (χ0n) is 15.6. The molecular formula is C20H23N3O3S. The molecule has 3 aromatic rings. The maximum absolute atomic E-state index is 12.7. The summed E-state index contributed by atoms with van der Waals surface area (Å²) >= 11 is 1.43. The van der Waals surface area contributed by atoms with E-state index >= 15 is 0 Å². The van der Waals surface area contributed by atoms with Gasteiger partial charge in [0.2, 0.25) is 5.91 Å². The van der Waals surface area contributed by atoms with Gasteiger partial charge in [-0.15, -0.1) is 0 Å². The van der Waals surface area contributed by atoms with E-state index in [1.165, 1.54) is 11.8 Å². The van der Waals surface area contributed by atoms with Gasteiger partial charge in [0.15, 0.2) is 5.16 Å². The average molecular weight is 385 g/mol. The summed E-state index contributed by atoms with van der Waals surface area (Å²) < 4.78 is 12.6. The molecule has 1 heterocycles. The number of fused-ring (bicyclic) bond motifs is 1.